The lowest BCUT2D eigenvalue weighted by molar-refractivity contribution is -0.149. The van der Waals surface area contributed by atoms with E-state index in [1.165, 1.54) is 4.90 Å². The fourth-order valence-corrected chi connectivity index (χ4v) is 2.45. The van der Waals surface area contributed by atoms with Gasteiger partial charge in [-0.3, -0.25) is 4.90 Å². The molecule has 1 fully saturated rings. The van der Waals surface area contributed by atoms with Crippen LogP contribution in [0.5, 0.6) is 0 Å². The number of nitrogens with zero attached hydrogens (tertiary/aromatic N) is 1. The zero-order chi connectivity index (χ0) is 15.6. The Morgan fingerprint density at radius 3 is 2.09 bits per heavy atom. The zero-order valence-electron chi connectivity index (χ0n) is 11.8. The summed E-state index contributed by atoms with van der Waals surface area (Å²) in [5.41, 5.74) is -0.465. The maximum atomic E-state index is 13.8. The van der Waals surface area contributed by atoms with E-state index in [4.69, 9.17) is 0 Å². The Morgan fingerprint density at radius 1 is 1.00 bits per heavy atom. The molecule has 1 heterocycles. The first-order chi connectivity index (χ1) is 9.79. The number of piperazine rings is 1. The van der Waals surface area contributed by atoms with Gasteiger partial charge in [-0.1, -0.05) is 6.07 Å². The Kier molecular flexibility index (Phi) is 8.69. The smallest absolute Gasteiger partial charge is 0.314 e. The van der Waals surface area contributed by atoms with Gasteiger partial charge in [0.05, 0.1) is 6.42 Å². The van der Waals surface area contributed by atoms with Crippen molar-refractivity contribution in [2.45, 2.75) is 18.6 Å². The highest BCUT2D eigenvalue weighted by Crippen LogP contribution is 2.35. The molecule has 1 N–H and O–H groups in total. The molecule has 0 saturated carbocycles. The molecule has 0 aliphatic carbocycles. The van der Waals surface area contributed by atoms with Crippen LogP contribution < -0.4 is 5.32 Å². The van der Waals surface area contributed by atoms with Gasteiger partial charge in [0.2, 0.25) is 0 Å². The molecule has 1 aromatic carbocycles. The van der Waals surface area contributed by atoms with E-state index in [-0.39, 0.29) is 37.9 Å². The summed E-state index contributed by atoms with van der Waals surface area (Å²) in [6.45, 7) is 1.47. The Labute approximate surface area is 142 Å². The summed E-state index contributed by atoms with van der Waals surface area (Å²) in [4.78, 5) is 1.43. The lowest BCUT2D eigenvalue weighted by atomic mass is 9.99. The summed E-state index contributed by atoms with van der Waals surface area (Å²) < 4.78 is 78.2. The first-order valence-corrected chi connectivity index (χ1v) is 6.44. The summed E-state index contributed by atoms with van der Waals surface area (Å²) in [6, 6.07) is 0.174. The molecule has 134 valence electrons. The predicted octanol–water partition coefficient (Wildman–Crippen LogP) is 3.85. The van der Waals surface area contributed by atoms with Gasteiger partial charge >= 0.3 is 6.18 Å². The molecular weight excluding hydrogens is 369 g/mol. The maximum Gasteiger partial charge on any atom is 0.390 e. The van der Waals surface area contributed by atoms with Crippen LogP contribution in [-0.4, -0.2) is 37.3 Å². The Hall–Kier alpha value is -0.700. The van der Waals surface area contributed by atoms with Crippen LogP contribution in [0.25, 0.3) is 0 Å². The Morgan fingerprint density at radius 2 is 1.57 bits per heavy atom. The first-order valence-electron chi connectivity index (χ1n) is 6.44. The predicted molar refractivity (Wildman–Crippen MR) is 78.7 cm³/mol. The van der Waals surface area contributed by atoms with Gasteiger partial charge in [0.1, 0.15) is 0 Å². The van der Waals surface area contributed by atoms with Crippen molar-refractivity contribution in [2.75, 3.05) is 26.2 Å². The monoisotopic (exact) mass is 384 g/mol. The van der Waals surface area contributed by atoms with Gasteiger partial charge in [-0.05, 0) is 6.07 Å². The molecule has 0 aromatic heterocycles. The molecule has 1 aromatic rings. The minimum absolute atomic E-state index is 0. The molecular formula is C13H16Cl2F6N2. The minimum atomic E-state index is -4.53. The van der Waals surface area contributed by atoms with Crippen molar-refractivity contribution >= 4 is 24.8 Å². The molecule has 10 heteroatoms. The highest BCUT2D eigenvalue weighted by molar-refractivity contribution is 5.85. The second-order valence-corrected chi connectivity index (χ2v) is 4.89. The summed E-state index contributed by atoms with van der Waals surface area (Å²) >= 11 is 0. The lowest BCUT2D eigenvalue weighted by Gasteiger charge is -2.35. The number of rotatable bonds is 3. The van der Waals surface area contributed by atoms with Gasteiger partial charge in [0.15, 0.2) is 17.5 Å². The number of alkyl halides is 3. The van der Waals surface area contributed by atoms with Crippen LogP contribution in [-0.2, 0) is 0 Å². The van der Waals surface area contributed by atoms with Crippen molar-refractivity contribution in [1.82, 2.24) is 10.2 Å². The average Bonchev–Trinajstić information content (AvgIpc) is 2.43. The van der Waals surface area contributed by atoms with Crippen LogP contribution in [0, 0.1) is 17.5 Å². The first kappa shape index (κ1) is 22.3. The van der Waals surface area contributed by atoms with Crippen molar-refractivity contribution in [3.63, 3.8) is 0 Å². The van der Waals surface area contributed by atoms with Crippen LogP contribution in [0.2, 0.25) is 0 Å². The largest absolute Gasteiger partial charge is 0.390 e. The number of hydrogen-bond donors (Lipinski definition) is 1. The van der Waals surface area contributed by atoms with Gasteiger partial charge in [0.25, 0.3) is 0 Å². The highest BCUT2D eigenvalue weighted by atomic mass is 35.5. The SMILES string of the molecule is Cl.Cl.Fc1ccc([C@@H](CC(F)(F)F)N2CCNCC2)c(F)c1F. The summed E-state index contributed by atoms with van der Waals surface area (Å²) in [6.07, 6.45) is -5.85. The Balaban J connectivity index is 0.00000242. The zero-order valence-corrected chi connectivity index (χ0v) is 13.4. The van der Waals surface area contributed by atoms with E-state index in [1.807, 2.05) is 0 Å². The summed E-state index contributed by atoms with van der Waals surface area (Å²) in [5.74, 6) is -4.71. The molecule has 2 rings (SSSR count). The van der Waals surface area contributed by atoms with E-state index in [0.717, 1.165) is 6.07 Å². The molecule has 1 saturated heterocycles. The molecule has 0 unspecified atom stereocenters. The van der Waals surface area contributed by atoms with Crippen LogP contribution in [0.1, 0.15) is 18.0 Å². The quantitative estimate of drug-likeness (QED) is 0.628. The standard InChI is InChI=1S/C13H14F6N2.2ClH/c14-9-2-1-8(11(15)12(9)16)10(7-13(17,18)19)21-5-3-20-4-6-21;;/h1-2,10,20H,3-7H2;2*1H/t10-;;/m1../s1. The molecule has 0 spiro atoms. The third kappa shape index (κ3) is 5.70. The molecule has 1 atom stereocenters. The van der Waals surface area contributed by atoms with Crippen molar-refractivity contribution in [1.29, 1.82) is 0 Å². The molecule has 0 bridgehead atoms. The summed E-state index contributed by atoms with van der Waals surface area (Å²) in [7, 11) is 0. The van der Waals surface area contributed by atoms with Crippen molar-refractivity contribution in [3.8, 4) is 0 Å². The number of halogens is 8. The van der Waals surface area contributed by atoms with E-state index in [9.17, 15) is 26.3 Å². The van der Waals surface area contributed by atoms with Gasteiger partial charge in [-0.25, -0.2) is 13.2 Å². The third-order valence-corrected chi connectivity index (χ3v) is 3.44. The maximum absolute atomic E-state index is 13.8. The van der Waals surface area contributed by atoms with Gasteiger partial charge in [-0.15, -0.1) is 24.8 Å². The van der Waals surface area contributed by atoms with Crippen LogP contribution in [0.4, 0.5) is 26.3 Å². The van der Waals surface area contributed by atoms with E-state index < -0.39 is 41.7 Å². The van der Waals surface area contributed by atoms with Gasteiger partial charge in [0, 0.05) is 37.8 Å². The van der Waals surface area contributed by atoms with Gasteiger partial charge < -0.3 is 5.32 Å². The van der Waals surface area contributed by atoms with E-state index in [2.05, 4.69) is 5.32 Å². The molecule has 2 nitrogen and oxygen atoms in total. The average molecular weight is 385 g/mol. The molecule has 1 aliphatic rings. The molecule has 0 amide bonds. The van der Waals surface area contributed by atoms with Crippen LogP contribution in [0.3, 0.4) is 0 Å². The second kappa shape index (κ2) is 8.96. The van der Waals surface area contributed by atoms with Crippen molar-refractivity contribution in [2.24, 2.45) is 0 Å². The van der Waals surface area contributed by atoms with E-state index >= 15 is 0 Å². The highest BCUT2D eigenvalue weighted by Gasteiger charge is 2.37. The topological polar surface area (TPSA) is 15.3 Å². The minimum Gasteiger partial charge on any atom is -0.314 e. The summed E-state index contributed by atoms with van der Waals surface area (Å²) in [5, 5.41) is 2.97. The second-order valence-electron chi connectivity index (χ2n) is 4.89. The number of benzene rings is 1. The van der Waals surface area contributed by atoms with Crippen LogP contribution in [0.15, 0.2) is 12.1 Å². The van der Waals surface area contributed by atoms with E-state index in [1.54, 1.807) is 0 Å². The van der Waals surface area contributed by atoms with Crippen molar-refractivity contribution in [3.05, 3.63) is 35.1 Å². The normalized spacial score (nSPS) is 17.1. The Bertz CT molecular complexity index is 506. The molecule has 0 radical (unpaired) electrons. The van der Waals surface area contributed by atoms with E-state index in [0.29, 0.717) is 19.2 Å². The fraction of sp³-hybridized carbons (Fsp3) is 0.538. The number of hydrogen-bond acceptors (Lipinski definition) is 2. The van der Waals surface area contributed by atoms with Crippen LogP contribution >= 0.6 is 24.8 Å². The van der Waals surface area contributed by atoms with Gasteiger partial charge in [-0.2, -0.15) is 13.2 Å². The molecule has 1 aliphatic heterocycles. The number of nitrogens with one attached hydrogen (secondary N) is 1. The third-order valence-electron chi connectivity index (χ3n) is 3.44. The molecule has 23 heavy (non-hydrogen) atoms. The van der Waals surface area contributed by atoms with Crippen molar-refractivity contribution < 1.29 is 26.3 Å². The lowest BCUT2D eigenvalue weighted by Crippen LogP contribution is -2.46. The fourth-order valence-electron chi connectivity index (χ4n) is 2.45.